The van der Waals surface area contributed by atoms with E-state index in [1.165, 1.54) is 13.2 Å². The van der Waals surface area contributed by atoms with Crippen molar-refractivity contribution in [1.29, 1.82) is 0 Å². The van der Waals surface area contributed by atoms with E-state index in [4.69, 9.17) is 10.5 Å². The van der Waals surface area contributed by atoms with E-state index in [2.05, 4.69) is 0 Å². The van der Waals surface area contributed by atoms with Crippen LogP contribution in [0.2, 0.25) is 0 Å². The highest BCUT2D eigenvalue weighted by Gasteiger charge is 2.31. The number of hydrogen-bond acceptors (Lipinski definition) is 2. The van der Waals surface area contributed by atoms with Gasteiger partial charge in [0.1, 0.15) is 5.75 Å². The van der Waals surface area contributed by atoms with Crippen LogP contribution in [0.5, 0.6) is 5.75 Å². The summed E-state index contributed by atoms with van der Waals surface area (Å²) in [5.41, 5.74) is 8.32. The number of anilines is 1. The first-order chi connectivity index (χ1) is 9.75. The van der Waals surface area contributed by atoms with Gasteiger partial charge in [-0.15, -0.1) is 0 Å². The van der Waals surface area contributed by atoms with E-state index in [0.29, 0.717) is 16.9 Å². The highest BCUT2D eigenvalue weighted by Crippen LogP contribution is 2.39. The predicted octanol–water partition coefficient (Wildman–Crippen LogP) is 4.58. The lowest BCUT2D eigenvalue weighted by molar-refractivity contribution is -0.137. The van der Waals surface area contributed by atoms with E-state index in [0.717, 1.165) is 23.3 Å². The maximum Gasteiger partial charge on any atom is 0.416 e. The van der Waals surface area contributed by atoms with Gasteiger partial charge in [-0.25, -0.2) is 0 Å². The molecule has 0 aliphatic rings. The Morgan fingerprint density at radius 2 is 1.62 bits per heavy atom. The van der Waals surface area contributed by atoms with Crippen LogP contribution in [0.15, 0.2) is 30.3 Å². The smallest absolute Gasteiger partial charge is 0.416 e. The van der Waals surface area contributed by atoms with Gasteiger partial charge in [0.15, 0.2) is 0 Å². The SMILES string of the molecule is COc1c(-c2ccc(C(F)(F)F)cc2N)ccc(C)c1C. The minimum atomic E-state index is -4.40. The van der Waals surface area contributed by atoms with E-state index >= 15 is 0 Å². The Bertz CT molecular complexity index is 678. The van der Waals surface area contributed by atoms with Crippen molar-refractivity contribution >= 4 is 5.69 Å². The summed E-state index contributed by atoms with van der Waals surface area (Å²) in [6.07, 6.45) is -4.40. The van der Waals surface area contributed by atoms with Gasteiger partial charge in [-0.2, -0.15) is 13.2 Å². The second-order valence-electron chi connectivity index (χ2n) is 4.89. The minimum Gasteiger partial charge on any atom is -0.496 e. The number of alkyl halides is 3. The summed E-state index contributed by atoms with van der Waals surface area (Å²) in [5, 5.41) is 0. The number of halogens is 3. The second kappa shape index (κ2) is 5.31. The van der Waals surface area contributed by atoms with Gasteiger partial charge in [-0.1, -0.05) is 18.2 Å². The molecule has 0 saturated heterocycles. The number of methoxy groups -OCH3 is 1. The Labute approximate surface area is 121 Å². The monoisotopic (exact) mass is 295 g/mol. The van der Waals surface area contributed by atoms with Gasteiger partial charge in [0.2, 0.25) is 0 Å². The first kappa shape index (κ1) is 15.2. The number of nitrogen functional groups attached to an aromatic ring is 1. The normalized spacial score (nSPS) is 11.5. The standard InChI is InChI=1S/C16H16F3NO/c1-9-4-6-13(15(21-3)10(9)2)12-7-5-11(8-14(12)20)16(17,18)19/h4-8H,20H2,1-3H3. The number of ether oxygens (including phenoxy) is 1. The average molecular weight is 295 g/mol. The summed E-state index contributed by atoms with van der Waals surface area (Å²) >= 11 is 0. The van der Waals surface area contributed by atoms with Crippen LogP contribution < -0.4 is 10.5 Å². The van der Waals surface area contributed by atoms with Crippen molar-refractivity contribution in [2.24, 2.45) is 0 Å². The number of hydrogen-bond donors (Lipinski definition) is 1. The van der Waals surface area contributed by atoms with Crippen molar-refractivity contribution < 1.29 is 17.9 Å². The third-order valence-electron chi connectivity index (χ3n) is 3.55. The minimum absolute atomic E-state index is 0.0754. The first-order valence-electron chi connectivity index (χ1n) is 6.37. The van der Waals surface area contributed by atoms with Gasteiger partial charge in [0.05, 0.1) is 12.7 Å². The Kier molecular flexibility index (Phi) is 3.85. The lowest BCUT2D eigenvalue weighted by Gasteiger charge is -2.16. The fourth-order valence-corrected chi connectivity index (χ4v) is 2.25. The Balaban J connectivity index is 2.61. The second-order valence-corrected chi connectivity index (χ2v) is 4.89. The number of aryl methyl sites for hydroxylation is 1. The molecule has 0 aromatic heterocycles. The summed E-state index contributed by atoms with van der Waals surface area (Å²) in [4.78, 5) is 0. The van der Waals surface area contributed by atoms with Crippen LogP contribution in [0.25, 0.3) is 11.1 Å². The molecule has 21 heavy (non-hydrogen) atoms. The molecule has 2 aromatic rings. The highest BCUT2D eigenvalue weighted by molar-refractivity contribution is 5.82. The van der Waals surface area contributed by atoms with E-state index < -0.39 is 11.7 Å². The molecule has 0 aliphatic carbocycles. The summed E-state index contributed by atoms with van der Waals surface area (Å²) in [7, 11) is 1.53. The largest absolute Gasteiger partial charge is 0.496 e. The molecular weight excluding hydrogens is 279 g/mol. The molecule has 5 heteroatoms. The molecule has 0 atom stereocenters. The topological polar surface area (TPSA) is 35.2 Å². The third kappa shape index (κ3) is 2.82. The zero-order valence-electron chi connectivity index (χ0n) is 12.0. The molecule has 0 radical (unpaired) electrons. The van der Waals surface area contributed by atoms with Crippen LogP contribution >= 0.6 is 0 Å². The zero-order chi connectivity index (χ0) is 15.8. The predicted molar refractivity (Wildman–Crippen MR) is 77.3 cm³/mol. The van der Waals surface area contributed by atoms with Crippen molar-refractivity contribution in [3.05, 3.63) is 47.0 Å². The highest BCUT2D eigenvalue weighted by atomic mass is 19.4. The molecule has 0 saturated carbocycles. The van der Waals surface area contributed by atoms with Crippen molar-refractivity contribution in [1.82, 2.24) is 0 Å². The zero-order valence-corrected chi connectivity index (χ0v) is 12.0. The lowest BCUT2D eigenvalue weighted by Crippen LogP contribution is -2.06. The lowest BCUT2D eigenvalue weighted by atomic mass is 9.96. The maximum absolute atomic E-state index is 12.7. The van der Waals surface area contributed by atoms with Crippen molar-refractivity contribution in [2.45, 2.75) is 20.0 Å². The molecule has 112 valence electrons. The van der Waals surface area contributed by atoms with Crippen LogP contribution in [-0.4, -0.2) is 7.11 Å². The molecule has 2 nitrogen and oxygen atoms in total. The molecule has 0 unspecified atom stereocenters. The number of rotatable bonds is 2. The molecule has 0 fully saturated rings. The van der Waals surface area contributed by atoms with E-state index in [-0.39, 0.29) is 5.69 Å². The van der Waals surface area contributed by atoms with Gasteiger partial charge in [0, 0.05) is 16.8 Å². The van der Waals surface area contributed by atoms with Gasteiger partial charge in [-0.05, 0) is 37.1 Å². The molecule has 0 bridgehead atoms. The molecule has 0 amide bonds. The average Bonchev–Trinajstić information content (AvgIpc) is 2.41. The Morgan fingerprint density at radius 3 is 2.14 bits per heavy atom. The third-order valence-corrected chi connectivity index (χ3v) is 3.55. The summed E-state index contributed by atoms with van der Waals surface area (Å²) in [6.45, 7) is 3.84. The summed E-state index contributed by atoms with van der Waals surface area (Å²) in [5.74, 6) is 0.626. The van der Waals surface area contributed by atoms with Crippen LogP contribution in [0, 0.1) is 13.8 Å². The van der Waals surface area contributed by atoms with Gasteiger partial charge in [-0.3, -0.25) is 0 Å². The maximum atomic E-state index is 12.7. The van der Waals surface area contributed by atoms with E-state index in [1.807, 2.05) is 19.9 Å². The van der Waals surface area contributed by atoms with Crippen LogP contribution in [0.1, 0.15) is 16.7 Å². The van der Waals surface area contributed by atoms with Crippen LogP contribution in [-0.2, 0) is 6.18 Å². The molecular formula is C16H16F3NO. The number of nitrogens with two attached hydrogens (primary N) is 1. The van der Waals surface area contributed by atoms with Crippen molar-refractivity contribution in [2.75, 3.05) is 12.8 Å². The Morgan fingerprint density at radius 1 is 1.00 bits per heavy atom. The Hall–Kier alpha value is -2.17. The van der Waals surface area contributed by atoms with Gasteiger partial charge >= 0.3 is 6.18 Å². The summed E-state index contributed by atoms with van der Waals surface area (Å²) < 4.78 is 43.4. The van der Waals surface area contributed by atoms with Crippen LogP contribution in [0.4, 0.5) is 18.9 Å². The summed E-state index contributed by atoms with van der Waals surface area (Å²) in [6, 6.07) is 7.06. The first-order valence-corrected chi connectivity index (χ1v) is 6.37. The van der Waals surface area contributed by atoms with E-state index in [9.17, 15) is 13.2 Å². The number of benzene rings is 2. The van der Waals surface area contributed by atoms with E-state index in [1.54, 1.807) is 6.07 Å². The molecule has 0 spiro atoms. The van der Waals surface area contributed by atoms with Crippen molar-refractivity contribution in [3.63, 3.8) is 0 Å². The van der Waals surface area contributed by atoms with Crippen molar-refractivity contribution in [3.8, 4) is 16.9 Å². The molecule has 2 aromatic carbocycles. The molecule has 0 heterocycles. The fraction of sp³-hybridized carbons (Fsp3) is 0.250. The van der Waals surface area contributed by atoms with Gasteiger partial charge in [0.25, 0.3) is 0 Å². The quantitative estimate of drug-likeness (QED) is 0.823. The fourth-order valence-electron chi connectivity index (χ4n) is 2.25. The molecule has 0 aliphatic heterocycles. The van der Waals surface area contributed by atoms with Gasteiger partial charge < -0.3 is 10.5 Å². The molecule has 2 rings (SSSR count). The molecule has 2 N–H and O–H groups in total. The van der Waals surface area contributed by atoms with Crippen LogP contribution in [0.3, 0.4) is 0 Å².